The summed E-state index contributed by atoms with van der Waals surface area (Å²) in [7, 11) is 0. The van der Waals surface area contributed by atoms with E-state index in [9.17, 15) is 0 Å². The van der Waals surface area contributed by atoms with E-state index < -0.39 is 0 Å². The van der Waals surface area contributed by atoms with E-state index in [1.54, 1.807) is 0 Å². The summed E-state index contributed by atoms with van der Waals surface area (Å²) in [6.07, 6.45) is 2.60. The molecular formula is C15H24Cl2N2O-2. The number of hydrogen-bond acceptors (Lipinski definition) is 3. The fourth-order valence-electron chi connectivity index (χ4n) is 2.38. The van der Waals surface area contributed by atoms with Gasteiger partial charge in [-0.05, 0) is 63.0 Å². The van der Waals surface area contributed by atoms with E-state index >= 15 is 0 Å². The van der Waals surface area contributed by atoms with Gasteiger partial charge < -0.3 is 40.2 Å². The average molecular weight is 319 g/mol. The second kappa shape index (κ2) is 11.2. The van der Waals surface area contributed by atoms with Crippen LogP contribution in [0.1, 0.15) is 25.3 Å². The van der Waals surface area contributed by atoms with Crippen LogP contribution in [0.4, 0.5) is 0 Å². The van der Waals surface area contributed by atoms with Crippen molar-refractivity contribution in [3.05, 3.63) is 29.8 Å². The second-order valence-corrected chi connectivity index (χ2v) is 4.90. The first kappa shape index (κ1) is 19.5. The Labute approximate surface area is 134 Å². The van der Waals surface area contributed by atoms with E-state index in [1.165, 1.54) is 31.5 Å². The predicted molar refractivity (Wildman–Crippen MR) is 74.9 cm³/mol. The van der Waals surface area contributed by atoms with E-state index in [0.717, 1.165) is 31.4 Å². The molecule has 2 rings (SSSR count). The number of halogens is 2. The lowest BCUT2D eigenvalue weighted by atomic mass is 9.98. The molecule has 0 atom stereocenters. The lowest BCUT2D eigenvalue weighted by molar-refractivity contribution is -0.00100. The highest BCUT2D eigenvalue weighted by Crippen LogP contribution is 2.13. The topological polar surface area (TPSA) is 33.3 Å². The van der Waals surface area contributed by atoms with Crippen LogP contribution >= 0.6 is 0 Å². The van der Waals surface area contributed by atoms with E-state index in [2.05, 4.69) is 22.8 Å². The van der Waals surface area contributed by atoms with Crippen molar-refractivity contribution in [1.29, 1.82) is 0 Å². The monoisotopic (exact) mass is 318 g/mol. The Hall–Kier alpha value is -0.480. The molecule has 1 aromatic carbocycles. The normalized spacial score (nSPS) is 15.1. The van der Waals surface area contributed by atoms with Crippen molar-refractivity contribution in [3.63, 3.8) is 0 Å². The van der Waals surface area contributed by atoms with E-state index in [0.29, 0.717) is 0 Å². The molecule has 0 aromatic heterocycles. The van der Waals surface area contributed by atoms with Gasteiger partial charge in [0.2, 0.25) is 0 Å². The summed E-state index contributed by atoms with van der Waals surface area (Å²) in [6, 6.07) is 8.37. The van der Waals surface area contributed by atoms with Crippen molar-refractivity contribution in [2.45, 2.75) is 26.3 Å². The summed E-state index contributed by atoms with van der Waals surface area (Å²) < 4.78 is 5.43. The minimum absolute atomic E-state index is 0. The largest absolute Gasteiger partial charge is 1.00 e. The molecule has 1 aliphatic heterocycles. The minimum Gasteiger partial charge on any atom is -1.00 e. The molecule has 0 spiro atoms. The zero-order chi connectivity index (χ0) is 12.6. The molecule has 2 N–H and O–H groups in total. The Morgan fingerprint density at radius 3 is 2.40 bits per heavy atom. The van der Waals surface area contributed by atoms with Crippen molar-refractivity contribution in [3.8, 4) is 5.75 Å². The SMILES string of the molecule is CCOc1ccc(CNCC2CCNCC2)cc1.[Cl-].[Cl-]. The number of piperidine rings is 1. The van der Waals surface area contributed by atoms with Gasteiger partial charge in [-0.15, -0.1) is 0 Å². The van der Waals surface area contributed by atoms with E-state index in [4.69, 9.17) is 4.74 Å². The molecule has 1 aliphatic rings. The van der Waals surface area contributed by atoms with Gasteiger partial charge in [-0.25, -0.2) is 0 Å². The highest BCUT2D eigenvalue weighted by Gasteiger charge is 2.11. The van der Waals surface area contributed by atoms with Crippen molar-refractivity contribution in [1.82, 2.24) is 10.6 Å². The number of rotatable bonds is 6. The lowest BCUT2D eigenvalue weighted by Gasteiger charge is -2.22. The Morgan fingerprint density at radius 1 is 1.15 bits per heavy atom. The first-order chi connectivity index (χ1) is 8.88. The zero-order valence-corrected chi connectivity index (χ0v) is 13.5. The van der Waals surface area contributed by atoms with Crippen molar-refractivity contribution in [2.75, 3.05) is 26.2 Å². The maximum Gasteiger partial charge on any atom is 0.119 e. The van der Waals surface area contributed by atoms with Crippen LogP contribution in [0.15, 0.2) is 24.3 Å². The summed E-state index contributed by atoms with van der Waals surface area (Å²) in [5.41, 5.74) is 1.33. The molecule has 0 radical (unpaired) electrons. The summed E-state index contributed by atoms with van der Waals surface area (Å²) in [5.74, 6) is 1.80. The quantitative estimate of drug-likeness (QED) is 0.564. The van der Waals surface area contributed by atoms with Gasteiger partial charge >= 0.3 is 0 Å². The van der Waals surface area contributed by atoms with Gasteiger partial charge in [-0.3, -0.25) is 0 Å². The summed E-state index contributed by atoms with van der Waals surface area (Å²) in [6.45, 7) is 7.18. The van der Waals surface area contributed by atoms with Gasteiger partial charge in [-0.2, -0.15) is 0 Å². The van der Waals surface area contributed by atoms with Crippen molar-refractivity contribution < 1.29 is 29.6 Å². The van der Waals surface area contributed by atoms with Crippen molar-refractivity contribution in [2.24, 2.45) is 5.92 Å². The molecule has 1 heterocycles. The minimum atomic E-state index is 0. The summed E-state index contributed by atoms with van der Waals surface area (Å²) in [4.78, 5) is 0. The third-order valence-electron chi connectivity index (χ3n) is 3.46. The molecule has 1 fully saturated rings. The number of ether oxygens (including phenoxy) is 1. The molecule has 116 valence electrons. The maximum atomic E-state index is 5.43. The van der Waals surface area contributed by atoms with Crippen LogP contribution in [-0.2, 0) is 6.54 Å². The van der Waals surface area contributed by atoms with Gasteiger partial charge in [0, 0.05) is 6.54 Å². The molecular weight excluding hydrogens is 295 g/mol. The Bertz CT molecular complexity index is 340. The maximum absolute atomic E-state index is 5.43. The van der Waals surface area contributed by atoms with Crippen LogP contribution in [0.2, 0.25) is 0 Å². The van der Waals surface area contributed by atoms with Crippen LogP contribution in [0, 0.1) is 5.92 Å². The van der Waals surface area contributed by atoms with Gasteiger partial charge in [-0.1, -0.05) is 12.1 Å². The average Bonchev–Trinajstić information content (AvgIpc) is 2.42. The van der Waals surface area contributed by atoms with Crippen LogP contribution in [0.25, 0.3) is 0 Å². The van der Waals surface area contributed by atoms with Crippen LogP contribution in [-0.4, -0.2) is 26.2 Å². The third kappa shape index (κ3) is 6.80. The van der Waals surface area contributed by atoms with E-state index in [-0.39, 0.29) is 24.8 Å². The Morgan fingerprint density at radius 2 is 1.80 bits per heavy atom. The van der Waals surface area contributed by atoms with Gasteiger partial charge in [0.1, 0.15) is 5.75 Å². The van der Waals surface area contributed by atoms with Gasteiger partial charge in [0.05, 0.1) is 6.61 Å². The molecule has 0 saturated carbocycles. The summed E-state index contributed by atoms with van der Waals surface area (Å²) in [5, 5.41) is 6.95. The smallest absolute Gasteiger partial charge is 0.119 e. The number of benzene rings is 1. The zero-order valence-electron chi connectivity index (χ0n) is 12.0. The number of hydrogen-bond donors (Lipinski definition) is 2. The molecule has 1 saturated heterocycles. The fraction of sp³-hybridized carbons (Fsp3) is 0.600. The fourth-order valence-corrected chi connectivity index (χ4v) is 2.38. The molecule has 3 nitrogen and oxygen atoms in total. The summed E-state index contributed by atoms with van der Waals surface area (Å²) >= 11 is 0. The molecule has 0 unspecified atom stereocenters. The number of nitrogens with one attached hydrogen (secondary N) is 2. The second-order valence-electron chi connectivity index (χ2n) is 4.90. The molecule has 5 heteroatoms. The molecule has 20 heavy (non-hydrogen) atoms. The third-order valence-corrected chi connectivity index (χ3v) is 3.46. The standard InChI is InChI=1S/C15H24N2O.2ClH/c1-2-18-15-5-3-13(4-6-15)11-17-12-14-7-9-16-10-8-14;;/h3-6,14,16-17H,2,7-12H2,1H3;2*1H/p-2. The lowest BCUT2D eigenvalue weighted by Crippen LogP contribution is -3.00. The van der Waals surface area contributed by atoms with Crippen LogP contribution < -0.4 is 40.2 Å². The molecule has 0 bridgehead atoms. The Kier molecular flexibility index (Phi) is 10.9. The highest BCUT2D eigenvalue weighted by molar-refractivity contribution is 5.27. The van der Waals surface area contributed by atoms with Crippen molar-refractivity contribution >= 4 is 0 Å². The van der Waals surface area contributed by atoms with E-state index in [1.807, 2.05) is 19.1 Å². The first-order valence-electron chi connectivity index (χ1n) is 7.01. The predicted octanol–water partition coefficient (Wildman–Crippen LogP) is -3.82. The van der Waals surface area contributed by atoms with Gasteiger partial charge in [0.15, 0.2) is 0 Å². The first-order valence-corrected chi connectivity index (χ1v) is 7.01. The molecule has 0 aliphatic carbocycles. The highest BCUT2D eigenvalue weighted by atomic mass is 35.5. The molecule has 0 amide bonds. The van der Waals surface area contributed by atoms with Crippen LogP contribution in [0.3, 0.4) is 0 Å². The van der Waals surface area contributed by atoms with Gasteiger partial charge in [0.25, 0.3) is 0 Å². The Balaban J connectivity index is 0.00000180. The van der Waals surface area contributed by atoms with Crippen LogP contribution in [0.5, 0.6) is 5.75 Å². The molecule has 1 aromatic rings.